The number of halogens is 1. The van der Waals surface area contributed by atoms with Crippen molar-refractivity contribution in [2.75, 3.05) is 18.0 Å². The molecule has 3 rings (SSSR count). The lowest BCUT2D eigenvalue weighted by atomic mass is 9.85. The van der Waals surface area contributed by atoms with Gasteiger partial charge in [-0.2, -0.15) is 4.98 Å². The summed E-state index contributed by atoms with van der Waals surface area (Å²) in [5.41, 5.74) is 0.921. The van der Waals surface area contributed by atoms with Crippen molar-refractivity contribution in [1.82, 2.24) is 9.97 Å². The number of hydrogen-bond donors (Lipinski definition) is 0. The molecular weight excluding hydrogens is 258 g/mol. The monoisotopic (exact) mass is 275 g/mol. The largest absolute Gasteiger partial charge is 0.356 e. The molecule has 1 aliphatic carbocycles. The van der Waals surface area contributed by atoms with Gasteiger partial charge in [-0.3, -0.25) is 0 Å². The van der Waals surface area contributed by atoms with Crippen LogP contribution in [0.25, 0.3) is 10.9 Å². The van der Waals surface area contributed by atoms with Crippen molar-refractivity contribution in [3.63, 3.8) is 0 Å². The molecule has 1 aromatic carbocycles. The molecule has 0 bridgehead atoms. The van der Waals surface area contributed by atoms with E-state index in [1.807, 2.05) is 18.2 Å². The standard InChI is InChI=1S/C15H18ClN3/c1-2-19(10-11-6-5-7-11)14-12-8-3-4-9-13(12)17-15(16)18-14/h3-4,8-9,11H,2,5-7,10H2,1H3. The molecule has 3 nitrogen and oxygen atoms in total. The Labute approximate surface area is 118 Å². The summed E-state index contributed by atoms with van der Waals surface area (Å²) in [5, 5.41) is 1.42. The van der Waals surface area contributed by atoms with Gasteiger partial charge in [0.25, 0.3) is 0 Å². The van der Waals surface area contributed by atoms with Gasteiger partial charge < -0.3 is 4.90 Å². The predicted octanol–water partition coefficient (Wildman–Crippen LogP) is 3.91. The Balaban J connectivity index is 2.00. The average Bonchev–Trinajstić information content (AvgIpc) is 2.37. The first-order chi connectivity index (χ1) is 9.28. The van der Waals surface area contributed by atoms with Crippen molar-refractivity contribution < 1.29 is 0 Å². The SMILES string of the molecule is CCN(CC1CCC1)c1nc(Cl)nc2ccccc12. The van der Waals surface area contributed by atoms with Crippen LogP contribution in [-0.2, 0) is 0 Å². The van der Waals surface area contributed by atoms with E-state index in [4.69, 9.17) is 11.6 Å². The molecular formula is C15H18ClN3. The summed E-state index contributed by atoms with van der Waals surface area (Å²) < 4.78 is 0. The number of benzene rings is 1. The van der Waals surface area contributed by atoms with E-state index in [1.54, 1.807) is 0 Å². The molecule has 0 radical (unpaired) electrons. The first-order valence-corrected chi connectivity index (χ1v) is 7.33. The normalized spacial score (nSPS) is 15.5. The number of aromatic nitrogens is 2. The summed E-state index contributed by atoms with van der Waals surface area (Å²) in [6.45, 7) is 4.20. The second-order valence-electron chi connectivity index (χ2n) is 5.17. The molecule has 0 spiro atoms. The van der Waals surface area contributed by atoms with E-state index in [9.17, 15) is 0 Å². The van der Waals surface area contributed by atoms with Crippen molar-refractivity contribution in [2.45, 2.75) is 26.2 Å². The second kappa shape index (κ2) is 5.33. The maximum Gasteiger partial charge on any atom is 0.224 e. The summed E-state index contributed by atoms with van der Waals surface area (Å²) >= 11 is 6.06. The van der Waals surface area contributed by atoms with Crippen LogP contribution in [-0.4, -0.2) is 23.1 Å². The Kier molecular flexibility index (Phi) is 3.56. The minimum atomic E-state index is 0.334. The Morgan fingerprint density at radius 2 is 2.05 bits per heavy atom. The smallest absolute Gasteiger partial charge is 0.224 e. The first kappa shape index (κ1) is 12.7. The number of anilines is 1. The number of hydrogen-bond acceptors (Lipinski definition) is 3. The third-order valence-corrected chi connectivity index (χ3v) is 4.11. The highest BCUT2D eigenvalue weighted by molar-refractivity contribution is 6.28. The van der Waals surface area contributed by atoms with Gasteiger partial charge in [0.2, 0.25) is 5.28 Å². The van der Waals surface area contributed by atoms with Crippen LogP contribution >= 0.6 is 11.6 Å². The summed E-state index contributed by atoms with van der Waals surface area (Å²) in [5.74, 6) is 1.79. The summed E-state index contributed by atoms with van der Waals surface area (Å²) in [7, 11) is 0. The number of rotatable bonds is 4. The van der Waals surface area contributed by atoms with Crippen molar-refractivity contribution >= 4 is 28.3 Å². The van der Waals surface area contributed by atoms with E-state index >= 15 is 0 Å². The molecule has 0 aliphatic heterocycles. The van der Waals surface area contributed by atoms with Crippen LogP contribution in [0.5, 0.6) is 0 Å². The Bertz CT molecular complexity index is 581. The third-order valence-electron chi connectivity index (χ3n) is 3.94. The van der Waals surface area contributed by atoms with E-state index in [-0.39, 0.29) is 0 Å². The zero-order valence-electron chi connectivity index (χ0n) is 11.1. The van der Waals surface area contributed by atoms with Crippen molar-refractivity contribution in [2.24, 2.45) is 5.92 Å². The van der Waals surface area contributed by atoms with E-state index < -0.39 is 0 Å². The van der Waals surface area contributed by atoms with Gasteiger partial charge in [0, 0.05) is 18.5 Å². The van der Waals surface area contributed by atoms with Crippen LogP contribution < -0.4 is 4.90 Å². The highest BCUT2D eigenvalue weighted by Crippen LogP contribution is 2.31. The van der Waals surface area contributed by atoms with Crippen LogP contribution in [0.4, 0.5) is 5.82 Å². The van der Waals surface area contributed by atoms with Crippen LogP contribution in [0, 0.1) is 5.92 Å². The third kappa shape index (κ3) is 2.52. The van der Waals surface area contributed by atoms with E-state index in [1.165, 1.54) is 19.3 Å². The molecule has 0 unspecified atom stereocenters. The van der Waals surface area contributed by atoms with Crippen LogP contribution in [0.2, 0.25) is 5.28 Å². The maximum atomic E-state index is 6.06. The van der Waals surface area contributed by atoms with Crippen molar-refractivity contribution in [1.29, 1.82) is 0 Å². The molecule has 0 saturated heterocycles. The minimum Gasteiger partial charge on any atom is -0.356 e. The molecule has 1 heterocycles. The molecule has 19 heavy (non-hydrogen) atoms. The van der Waals surface area contributed by atoms with Crippen molar-refractivity contribution in [3.8, 4) is 0 Å². The average molecular weight is 276 g/mol. The maximum absolute atomic E-state index is 6.06. The fourth-order valence-corrected chi connectivity index (χ4v) is 2.80. The minimum absolute atomic E-state index is 0.334. The van der Waals surface area contributed by atoms with E-state index in [0.717, 1.165) is 35.7 Å². The van der Waals surface area contributed by atoms with Gasteiger partial charge in [-0.15, -0.1) is 0 Å². The lowest BCUT2D eigenvalue weighted by Gasteiger charge is -2.32. The summed E-state index contributed by atoms with van der Waals surface area (Å²) in [6, 6.07) is 8.08. The molecule has 1 aromatic heterocycles. The Morgan fingerprint density at radius 3 is 2.74 bits per heavy atom. The first-order valence-electron chi connectivity index (χ1n) is 6.95. The number of para-hydroxylation sites is 1. The summed E-state index contributed by atoms with van der Waals surface area (Å²) in [4.78, 5) is 11.1. The molecule has 0 N–H and O–H groups in total. The lowest BCUT2D eigenvalue weighted by Crippen LogP contribution is -2.33. The molecule has 100 valence electrons. The lowest BCUT2D eigenvalue weighted by molar-refractivity contribution is 0.318. The van der Waals surface area contributed by atoms with Gasteiger partial charge in [0.1, 0.15) is 5.82 Å². The highest BCUT2D eigenvalue weighted by atomic mass is 35.5. The van der Waals surface area contributed by atoms with Gasteiger partial charge in [0.15, 0.2) is 0 Å². The molecule has 0 atom stereocenters. The molecule has 1 saturated carbocycles. The van der Waals surface area contributed by atoms with Gasteiger partial charge in [-0.05, 0) is 49.4 Å². The fourth-order valence-electron chi connectivity index (χ4n) is 2.63. The molecule has 1 aliphatic rings. The zero-order chi connectivity index (χ0) is 13.2. The Hall–Kier alpha value is -1.35. The summed E-state index contributed by atoms with van der Waals surface area (Å²) in [6.07, 6.45) is 4.05. The number of nitrogens with zero attached hydrogens (tertiary/aromatic N) is 3. The number of fused-ring (bicyclic) bond motifs is 1. The van der Waals surface area contributed by atoms with Crippen molar-refractivity contribution in [3.05, 3.63) is 29.5 Å². The molecule has 0 amide bonds. The van der Waals surface area contributed by atoms with E-state index in [2.05, 4.69) is 27.9 Å². The van der Waals surface area contributed by atoms with Gasteiger partial charge in [-0.25, -0.2) is 4.98 Å². The van der Waals surface area contributed by atoms with Gasteiger partial charge >= 0.3 is 0 Å². The van der Waals surface area contributed by atoms with Crippen LogP contribution in [0.1, 0.15) is 26.2 Å². The van der Waals surface area contributed by atoms with Gasteiger partial charge in [0.05, 0.1) is 5.52 Å². The predicted molar refractivity (Wildman–Crippen MR) is 79.8 cm³/mol. The van der Waals surface area contributed by atoms with Gasteiger partial charge in [-0.1, -0.05) is 18.6 Å². The topological polar surface area (TPSA) is 29.0 Å². The molecule has 4 heteroatoms. The molecule has 2 aromatic rings. The highest BCUT2D eigenvalue weighted by Gasteiger charge is 2.22. The second-order valence-corrected chi connectivity index (χ2v) is 5.51. The molecule has 1 fully saturated rings. The quantitative estimate of drug-likeness (QED) is 0.792. The van der Waals surface area contributed by atoms with Crippen LogP contribution in [0.3, 0.4) is 0 Å². The zero-order valence-corrected chi connectivity index (χ0v) is 11.9. The Morgan fingerprint density at radius 1 is 1.26 bits per heavy atom. The fraction of sp³-hybridized carbons (Fsp3) is 0.467. The van der Waals surface area contributed by atoms with Crippen LogP contribution in [0.15, 0.2) is 24.3 Å². The van der Waals surface area contributed by atoms with E-state index in [0.29, 0.717) is 5.28 Å².